The average Bonchev–Trinajstić information content (AvgIpc) is 2.99. The van der Waals surface area contributed by atoms with Crippen LogP contribution >= 0.6 is 0 Å². The third-order valence-corrected chi connectivity index (χ3v) is 4.25. The second-order valence-electron chi connectivity index (χ2n) is 5.98. The monoisotopic (exact) mass is 294 g/mol. The van der Waals surface area contributed by atoms with Gasteiger partial charge in [-0.2, -0.15) is 0 Å². The molecule has 1 saturated heterocycles. The largest absolute Gasteiger partial charge is 0.322 e. The second kappa shape index (κ2) is 6.65. The van der Waals surface area contributed by atoms with Gasteiger partial charge in [-0.15, -0.1) is 0 Å². The Morgan fingerprint density at radius 3 is 2.59 bits per heavy atom. The number of nitrogens with one attached hydrogen (secondary N) is 1. The number of amides is 2. The zero-order valence-corrected chi connectivity index (χ0v) is 13.0. The van der Waals surface area contributed by atoms with Crippen molar-refractivity contribution >= 4 is 11.7 Å². The minimum atomic E-state index is 0.0160. The quantitative estimate of drug-likeness (QED) is 0.902. The summed E-state index contributed by atoms with van der Waals surface area (Å²) in [6.45, 7) is 2.89. The lowest BCUT2D eigenvalue weighted by atomic mass is 10.0. The van der Waals surface area contributed by atoms with Gasteiger partial charge in [0.25, 0.3) is 0 Å². The number of anilines is 1. The molecule has 1 N–H and O–H groups in total. The molecule has 1 heterocycles. The van der Waals surface area contributed by atoms with E-state index in [1.165, 1.54) is 11.1 Å². The van der Waals surface area contributed by atoms with Gasteiger partial charge in [0.1, 0.15) is 0 Å². The summed E-state index contributed by atoms with van der Waals surface area (Å²) in [7, 11) is 0. The van der Waals surface area contributed by atoms with Crippen LogP contribution in [-0.2, 0) is 6.42 Å². The molecule has 3 nitrogen and oxygen atoms in total. The molecule has 1 unspecified atom stereocenters. The molecule has 3 rings (SSSR count). The Morgan fingerprint density at radius 2 is 1.86 bits per heavy atom. The molecule has 22 heavy (non-hydrogen) atoms. The van der Waals surface area contributed by atoms with Gasteiger partial charge in [-0.1, -0.05) is 48.0 Å². The van der Waals surface area contributed by atoms with Crippen LogP contribution in [0, 0.1) is 6.92 Å². The first kappa shape index (κ1) is 14.6. The van der Waals surface area contributed by atoms with E-state index in [1.807, 2.05) is 42.2 Å². The van der Waals surface area contributed by atoms with Crippen molar-refractivity contribution in [2.24, 2.45) is 0 Å². The third kappa shape index (κ3) is 3.48. The fraction of sp³-hybridized carbons (Fsp3) is 0.316. The number of urea groups is 1. The minimum absolute atomic E-state index is 0.0160. The van der Waals surface area contributed by atoms with Gasteiger partial charge in [0, 0.05) is 18.3 Å². The zero-order chi connectivity index (χ0) is 15.4. The van der Waals surface area contributed by atoms with Crippen molar-refractivity contribution in [2.75, 3.05) is 11.9 Å². The maximum absolute atomic E-state index is 12.5. The molecule has 0 bridgehead atoms. The molecule has 0 spiro atoms. The van der Waals surface area contributed by atoms with Crippen molar-refractivity contribution in [1.82, 2.24) is 4.90 Å². The predicted molar refractivity (Wildman–Crippen MR) is 90.1 cm³/mol. The minimum Gasteiger partial charge on any atom is -0.321 e. The highest BCUT2D eigenvalue weighted by Crippen LogP contribution is 2.22. The van der Waals surface area contributed by atoms with E-state index in [-0.39, 0.29) is 6.03 Å². The van der Waals surface area contributed by atoms with Crippen molar-refractivity contribution in [3.63, 3.8) is 0 Å². The molecule has 0 aromatic heterocycles. The molecule has 1 aliphatic rings. The van der Waals surface area contributed by atoms with Crippen molar-refractivity contribution in [2.45, 2.75) is 32.2 Å². The summed E-state index contributed by atoms with van der Waals surface area (Å²) < 4.78 is 0. The smallest absolute Gasteiger partial charge is 0.321 e. The van der Waals surface area contributed by atoms with Crippen LogP contribution in [0.2, 0.25) is 0 Å². The molecule has 0 aliphatic carbocycles. The summed E-state index contributed by atoms with van der Waals surface area (Å²) in [5, 5.41) is 3.01. The van der Waals surface area contributed by atoms with E-state index in [9.17, 15) is 4.79 Å². The molecule has 1 aliphatic heterocycles. The number of likely N-dealkylation sites (tertiary alicyclic amines) is 1. The zero-order valence-electron chi connectivity index (χ0n) is 13.0. The van der Waals surface area contributed by atoms with Crippen molar-refractivity contribution in [3.8, 4) is 0 Å². The van der Waals surface area contributed by atoms with Gasteiger partial charge in [-0.05, 0) is 43.9 Å². The Bertz CT molecular complexity index is 622. The van der Waals surface area contributed by atoms with Gasteiger partial charge in [0.05, 0.1) is 0 Å². The van der Waals surface area contributed by atoms with E-state index in [4.69, 9.17) is 0 Å². The van der Waals surface area contributed by atoms with Crippen LogP contribution in [0.3, 0.4) is 0 Å². The first-order chi connectivity index (χ1) is 10.7. The number of benzene rings is 2. The number of nitrogens with zero attached hydrogens (tertiary/aromatic N) is 1. The summed E-state index contributed by atoms with van der Waals surface area (Å²) in [6, 6.07) is 18.7. The molecule has 2 amide bonds. The first-order valence-corrected chi connectivity index (χ1v) is 7.90. The van der Waals surface area contributed by atoms with E-state index in [1.54, 1.807) is 0 Å². The molecule has 114 valence electrons. The van der Waals surface area contributed by atoms with Gasteiger partial charge in [0.15, 0.2) is 0 Å². The second-order valence-corrected chi connectivity index (χ2v) is 5.98. The standard InChI is InChI=1S/C19H22N2O/c1-15-9-11-17(12-10-15)20-19(22)21-13-5-8-18(21)14-16-6-3-2-4-7-16/h2-4,6-7,9-12,18H,5,8,13-14H2,1H3,(H,20,22). The topological polar surface area (TPSA) is 32.3 Å². The number of hydrogen-bond donors (Lipinski definition) is 1. The Balaban J connectivity index is 1.64. The summed E-state index contributed by atoms with van der Waals surface area (Å²) in [5.74, 6) is 0. The van der Waals surface area contributed by atoms with Gasteiger partial charge in [0.2, 0.25) is 0 Å². The van der Waals surface area contributed by atoms with Crippen LogP contribution in [0.1, 0.15) is 24.0 Å². The van der Waals surface area contributed by atoms with Crippen LogP contribution in [-0.4, -0.2) is 23.5 Å². The Labute approximate surface area is 132 Å². The summed E-state index contributed by atoms with van der Waals surface area (Å²) in [5.41, 5.74) is 3.35. The molecule has 3 heteroatoms. The van der Waals surface area contributed by atoms with Gasteiger partial charge >= 0.3 is 6.03 Å². The normalized spacial score (nSPS) is 17.5. The highest BCUT2D eigenvalue weighted by molar-refractivity contribution is 5.89. The third-order valence-electron chi connectivity index (χ3n) is 4.25. The Kier molecular flexibility index (Phi) is 4.42. The highest BCUT2D eigenvalue weighted by atomic mass is 16.2. The number of rotatable bonds is 3. The van der Waals surface area contributed by atoms with E-state index in [0.29, 0.717) is 6.04 Å². The van der Waals surface area contributed by atoms with Crippen molar-refractivity contribution in [1.29, 1.82) is 0 Å². The fourth-order valence-electron chi connectivity index (χ4n) is 3.03. The summed E-state index contributed by atoms with van der Waals surface area (Å²) >= 11 is 0. The fourth-order valence-corrected chi connectivity index (χ4v) is 3.03. The summed E-state index contributed by atoms with van der Waals surface area (Å²) in [6.07, 6.45) is 3.09. The molecule has 2 aromatic rings. The Hall–Kier alpha value is -2.29. The highest BCUT2D eigenvalue weighted by Gasteiger charge is 2.28. The van der Waals surface area contributed by atoms with E-state index < -0.39 is 0 Å². The molecular formula is C19H22N2O. The molecule has 0 radical (unpaired) electrons. The van der Waals surface area contributed by atoms with Crippen molar-refractivity contribution < 1.29 is 4.79 Å². The SMILES string of the molecule is Cc1ccc(NC(=O)N2CCCC2Cc2ccccc2)cc1. The number of aryl methyl sites for hydroxylation is 1. The van der Waals surface area contributed by atoms with Crippen LogP contribution in [0.15, 0.2) is 54.6 Å². The van der Waals surface area contributed by atoms with Crippen molar-refractivity contribution in [3.05, 3.63) is 65.7 Å². The lowest BCUT2D eigenvalue weighted by Gasteiger charge is -2.25. The van der Waals surface area contributed by atoms with Crippen LogP contribution in [0.5, 0.6) is 0 Å². The Morgan fingerprint density at radius 1 is 1.14 bits per heavy atom. The number of hydrogen-bond acceptors (Lipinski definition) is 1. The average molecular weight is 294 g/mol. The molecule has 0 saturated carbocycles. The van der Waals surface area contributed by atoms with E-state index in [2.05, 4.69) is 29.6 Å². The van der Waals surface area contributed by atoms with Crippen LogP contribution in [0.4, 0.5) is 10.5 Å². The number of carbonyl (C=O) groups excluding carboxylic acids is 1. The lowest BCUT2D eigenvalue weighted by Crippen LogP contribution is -2.39. The van der Waals surface area contributed by atoms with Gasteiger partial charge in [-0.3, -0.25) is 0 Å². The van der Waals surface area contributed by atoms with Gasteiger partial charge in [-0.25, -0.2) is 4.79 Å². The van der Waals surface area contributed by atoms with Gasteiger partial charge < -0.3 is 10.2 Å². The molecule has 1 fully saturated rings. The van der Waals surface area contributed by atoms with E-state index >= 15 is 0 Å². The molecule has 1 atom stereocenters. The first-order valence-electron chi connectivity index (χ1n) is 7.90. The van der Waals surface area contributed by atoms with E-state index in [0.717, 1.165) is 31.5 Å². The summed E-state index contributed by atoms with van der Waals surface area (Å²) in [4.78, 5) is 14.5. The number of carbonyl (C=O) groups is 1. The molecular weight excluding hydrogens is 272 g/mol. The predicted octanol–water partition coefficient (Wildman–Crippen LogP) is 4.23. The van der Waals surface area contributed by atoms with Crippen LogP contribution in [0.25, 0.3) is 0 Å². The van der Waals surface area contributed by atoms with Crippen LogP contribution < -0.4 is 5.32 Å². The maximum atomic E-state index is 12.5. The lowest BCUT2D eigenvalue weighted by molar-refractivity contribution is 0.206. The maximum Gasteiger partial charge on any atom is 0.322 e. The molecule has 2 aromatic carbocycles.